The molecule has 2 atom stereocenters. The van der Waals surface area contributed by atoms with Gasteiger partial charge in [0, 0.05) is 17.8 Å². The number of carbonyl (C=O) groups excluding carboxylic acids is 3. The number of rotatable bonds is 8. The summed E-state index contributed by atoms with van der Waals surface area (Å²) in [6.07, 6.45) is -0.763. The minimum atomic E-state index is -1.05. The summed E-state index contributed by atoms with van der Waals surface area (Å²) < 4.78 is 5.27. The first-order valence-corrected chi connectivity index (χ1v) is 11.6. The van der Waals surface area contributed by atoms with Crippen molar-refractivity contribution >= 4 is 30.5 Å². The van der Waals surface area contributed by atoms with Crippen LogP contribution in [0.5, 0.6) is 0 Å². The van der Waals surface area contributed by atoms with Crippen molar-refractivity contribution in [1.29, 1.82) is 0 Å². The fourth-order valence-corrected chi connectivity index (χ4v) is 3.52. The van der Waals surface area contributed by atoms with Gasteiger partial charge in [0.1, 0.15) is 17.7 Å². The van der Waals surface area contributed by atoms with Crippen molar-refractivity contribution in [3.63, 3.8) is 0 Å². The standard InChI is InChI=1S/C24H39N3O5S/c1-15-10-9-11-17(16(15)2)19(20(29)26-23(3,4)5)27(12-13-28)21(30)18(14-33)25-22(31)32-24(6,7)8/h9-11,18-19,28,33H,12-14H2,1-8H3,(H,25,31)(H,26,29). The zero-order chi connectivity index (χ0) is 25.6. The van der Waals surface area contributed by atoms with Crippen LogP contribution in [0.15, 0.2) is 18.2 Å². The molecule has 1 aromatic carbocycles. The molecular weight excluding hydrogens is 442 g/mol. The van der Waals surface area contributed by atoms with Gasteiger partial charge in [-0.1, -0.05) is 18.2 Å². The van der Waals surface area contributed by atoms with E-state index in [9.17, 15) is 19.5 Å². The Morgan fingerprint density at radius 1 is 1.12 bits per heavy atom. The number of thiol groups is 1. The van der Waals surface area contributed by atoms with Gasteiger partial charge in [0.25, 0.3) is 0 Å². The number of benzene rings is 1. The minimum Gasteiger partial charge on any atom is -0.444 e. The van der Waals surface area contributed by atoms with Gasteiger partial charge in [0.05, 0.1) is 6.61 Å². The third kappa shape index (κ3) is 8.89. The highest BCUT2D eigenvalue weighted by atomic mass is 32.1. The fourth-order valence-electron chi connectivity index (χ4n) is 3.27. The SMILES string of the molecule is Cc1cccc(C(C(=O)NC(C)(C)C)N(CCO)C(=O)C(CS)NC(=O)OC(C)(C)C)c1C. The smallest absolute Gasteiger partial charge is 0.408 e. The van der Waals surface area contributed by atoms with Crippen molar-refractivity contribution in [1.82, 2.24) is 15.5 Å². The quantitative estimate of drug-likeness (QED) is 0.427. The molecule has 1 aromatic rings. The Morgan fingerprint density at radius 3 is 2.21 bits per heavy atom. The summed E-state index contributed by atoms with van der Waals surface area (Å²) in [5.41, 5.74) is 1.19. The topological polar surface area (TPSA) is 108 Å². The van der Waals surface area contributed by atoms with E-state index in [4.69, 9.17) is 4.74 Å². The summed E-state index contributed by atoms with van der Waals surface area (Å²) >= 11 is 4.24. The van der Waals surface area contributed by atoms with Gasteiger partial charge >= 0.3 is 6.09 Å². The van der Waals surface area contributed by atoms with Gasteiger partial charge in [-0.15, -0.1) is 0 Å². The van der Waals surface area contributed by atoms with Crippen LogP contribution < -0.4 is 10.6 Å². The number of ether oxygens (including phenoxy) is 1. The van der Waals surface area contributed by atoms with E-state index in [2.05, 4.69) is 23.3 Å². The largest absolute Gasteiger partial charge is 0.444 e. The lowest BCUT2D eigenvalue weighted by Gasteiger charge is -2.36. The molecular formula is C24H39N3O5S. The number of amides is 3. The highest BCUT2D eigenvalue weighted by Gasteiger charge is 2.37. The molecule has 0 aliphatic carbocycles. The Labute approximate surface area is 202 Å². The Bertz CT molecular complexity index is 845. The maximum atomic E-state index is 13.6. The van der Waals surface area contributed by atoms with E-state index in [1.54, 1.807) is 26.8 Å². The maximum absolute atomic E-state index is 13.6. The Balaban J connectivity index is 3.45. The van der Waals surface area contributed by atoms with Gasteiger partial charge < -0.3 is 25.4 Å². The molecule has 2 unspecified atom stereocenters. The number of alkyl carbamates (subject to hydrolysis) is 1. The van der Waals surface area contributed by atoms with Gasteiger partial charge in [-0.05, 0) is 72.1 Å². The van der Waals surface area contributed by atoms with E-state index in [0.29, 0.717) is 5.56 Å². The second kappa shape index (κ2) is 11.7. The Morgan fingerprint density at radius 2 is 1.73 bits per heavy atom. The van der Waals surface area contributed by atoms with Gasteiger partial charge in [-0.25, -0.2) is 4.79 Å². The van der Waals surface area contributed by atoms with Gasteiger partial charge in [-0.2, -0.15) is 12.6 Å². The van der Waals surface area contributed by atoms with Crippen LogP contribution in [-0.2, 0) is 14.3 Å². The molecule has 0 saturated heterocycles. The average Bonchev–Trinajstić information content (AvgIpc) is 2.65. The first-order valence-electron chi connectivity index (χ1n) is 11.0. The number of aryl methyl sites for hydroxylation is 1. The molecule has 0 fully saturated rings. The van der Waals surface area contributed by atoms with Crippen molar-refractivity contribution in [2.24, 2.45) is 0 Å². The number of nitrogens with zero attached hydrogens (tertiary/aromatic N) is 1. The Kier molecular flexibility index (Phi) is 10.2. The van der Waals surface area contributed by atoms with Crippen LogP contribution in [0.4, 0.5) is 4.79 Å². The van der Waals surface area contributed by atoms with Crippen LogP contribution in [0.25, 0.3) is 0 Å². The third-order valence-electron chi connectivity index (χ3n) is 4.79. The monoisotopic (exact) mass is 481 g/mol. The first-order chi connectivity index (χ1) is 15.1. The van der Waals surface area contributed by atoms with Gasteiger partial charge in [0.15, 0.2) is 0 Å². The molecule has 0 aromatic heterocycles. The van der Waals surface area contributed by atoms with E-state index < -0.39 is 35.2 Å². The van der Waals surface area contributed by atoms with Gasteiger partial charge in [-0.3, -0.25) is 9.59 Å². The highest BCUT2D eigenvalue weighted by molar-refractivity contribution is 7.80. The number of nitrogens with one attached hydrogen (secondary N) is 2. The molecule has 0 aliphatic rings. The van der Waals surface area contributed by atoms with E-state index in [0.717, 1.165) is 11.1 Å². The normalized spacial score (nSPS) is 13.6. The summed E-state index contributed by atoms with van der Waals surface area (Å²) in [6.45, 7) is 14.1. The molecule has 3 N–H and O–H groups in total. The number of carbonyl (C=O) groups is 3. The number of aliphatic hydroxyl groups is 1. The lowest BCUT2D eigenvalue weighted by atomic mass is 9.94. The third-order valence-corrected chi connectivity index (χ3v) is 5.16. The van der Waals surface area contributed by atoms with Crippen LogP contribution in [0.1, 0.15) is 64.3 Å². The summed E-state index contributed by atoms with van der Waals surface area (Å²) in [6, 6.07) is 3.49. The minimum absolute atomic E-state index is 0.0135. The molecule has 186 valence electrons. The second-order valence-electron chi connectivity index (χ2n) is 10.1. The lowest BCUT2D eigenvalue weighted by Crippen LogP contribution is -2.56. The molecule has 1 rings (SSSR count). The average molecular weight is 482 g/mol. The highest BCUT2D eigenvalue weighted by Crippen LogP contribution is 2.28. The second-order valence-corrected chi connectivity index (χ2v) is 10.4. The van der Waals surface area contributed by atoms with E-state index in [1.165, 1.54) is 4.90 Å². The summed E-state index contributed by atoms with van der Waals surface area (Å²) in [5, 5.41) is 15.2. The van der Waals surface area contributed by atoms with Crippen LogP contribution >= 0.6 is 12.6 Å². The zero-order valence-corrected chi connectivity index (χ0v) is 21.9. The molecule has 0 aliphatic heterocycles. The number of hydrogen-bond acceptors (Lipinski definition) is 6. The first kappa shape index (κ1) is 28.8. The summed E-state index contributed by atoms with van der Waals surface area (Å²) in [7, 11) is 0. The van der Waals surface area contributed by atoms with Crippen LogP contribution in [0.2, 0.25) is 0 Å². The molecule has 8 nitrogen and oxygen atoms in total. The van der Waals surface area contributed by atoms with Crippen molar-refractivity contribution in [2.75, 3.05) is 18.9 Å². The predicted octanol–water partition coefficient (Wildman–Crippen LogP) is 2.90. The number of aliphatic hydroxyl groups excluding tert-OH is 1. The van der Waals surface area contributed by atoms with E-state index in [-0.39, 0.29) is 24.8 Å². The van der Waals surface area contributed by atoms with Crippen LogP contribution in [0, 0.1) is 13.8 Å². The van der Waals surface area contributed by atoms with Crippen LogP contribution in [-0.4, -0.2) is 64.0 Å². The van der Waals surface area contributed by atoms with Crippen molar-refractivity contribution in [3.8, 4) is 0 Å². The van der Waals surface area contributed by atoms with E-state index in [1.807, 2.05) is 46.8 Å². The summed E-state index contributed by atoms with van der Waals surface area (Å²) in [4.78, 5) is 40.6. The summed E-state index contributed by atoms with van der Waals surface area (Å²) in [5.74, 6) is -0.937. The lowest BCUT2D eigenvalue weighted by molar-refractivity contribution is -0.143. The predicted molar refractivity (Wildman–Crippen MR) is 132 cm³/mol. The molecule has 0 bridgehead atoms. The van der Waals surface area contributed by atoms with Crippen molar-refractivity contribution in [3.05, 3.63) is 34.9 Å². The fraction of sp³-hybridized carbons (Fsp3) is 0.625. The molecule has 0 heterocycles. The maximum Gasteiger partial charge on any atom is 0.408 e. The van der Waals surface area contributed by atoms with Crippen molar-refractivity contribution < 1.29 is 24.2 Å². The Hall–Kier alpha value is -2.26. The number of hydrogen-bond donors (Lipinski definition) is 4. The molecule has 9 heteroatoms. The van der Waals surface area contributed by atoms with Crippen molar-refractivity contribution in [2.45, 2.75) is 78.6 Å². The molecule has 0 saturated carbocycles. The molecule has 3 amide bonds. The zero-order valence-electron chi connectivity index (χ0n) is 21.0. The van der Waals surface area contributed by atoms with E-state index >= 15 is 0 Å². The molecule has 0 spiro atoms. The molecule has 33 heavy (non-hydrogen) atoms. The van der Waals surface area contributed by atoms with Crippen LogP contribution in [0.3, 0.4) is 0 Å². The molecule has 0 radical (unpaired) electrons. The van der Waals surface area contributed by atoms with Gasteiger partial charge in [0.2, 0.25) is 11.8 Å².